The fourth-order valence-corrected chi connectivity index (χ4v) is 5.26. The topological polar surface area (TPSA) is 118 Å². The van der Waals surface area contributed by atoms with Crippen LogP contribution in [0.2, 0.25) is 0 Å². The second-order valence-corrected chi connectivity index (χ2v) is 11.8. The maximum atomic E-state index is 13.7. The van der Waals surface area contributed by atoms with Gasteiger partial charge in [0.05, 0.1) is 24.5 Å². The van der Waals surface area contributed by atoms with E-state index in [1.54, 1.807) is 4.90 Å². The minimum absolute atomic E-state index is 0.0411. The molecule has 3 aromatic rings. The highest BCUT2D eigenvalue weighted by Gasteiger charge is 2.29. The van der Waals surface area contributed by atoms with Crippen LogP contribution in [0.3, 0.4) is 0 Å². The second kappa shape index (κ2) is 16.3. The van der Waals surface area contributed by atoms with E-state index in [9.17, 15) is 14.4 Å². The maximum absolute atomic E-state index is 13.7. The smallest absolute Gasteiger partial charge is 0.227 e. The van der Waals surface area contributed by atoms with Crippen LogP contribution in [0.15, 0.2) is 48.5 Å². The number of benzene rings is 2. The monoisotopic (exact) mass is 602 g/mol. The van der Waals surface area contributed by atoms with E-state index in [4.69, 9.17) is 4.74 Å². The van der Waals surface area contributed by atoms with Crippen LogP contribution < -0.4 is 15.5 Å². The molecule has 236 valence electrons. The maximum Gasteiger partial charge on any atom is 0.227 e. The minimum Gasteiger partial charge on any atom is -0.380 e. The van der Waals surface area contributed by atoms with Crippen molar-refractivity contribution in [1.82, 2.24) is 25.6 Å². The first kappa shape index (κ1) is 33.0. The molecule has 1 aromatic heterocycles. The lowest BCUT2D eigenvalue weighted by Crippen LogP contribution is -2.34. The van der Waals surface area contributed by atoms with Crippen molar-refractivity contribution in [3.63, 3.8) is 0 Å². The van der Waals surface area contributed by atoms with E-state index in [1.165, 1.54) is 0 Å². The number of fused-ring (bicyclic) bond motifs is 5. The lowest BCUT2D eigenvalue weighted by atomic mass is 9.95. The Morgan fingerprint density at radius 3 is 2.41 bits per heavy atom. The number of ether oxygens (including phenoxy) is 1. The van der Waals surface area contributed by atoms with Crippen LogP contribution in [0.4, 0.5) is 5.69 Å². The predicted molar refractivity (Wildman–Crippen MR) is 172 cm³/mol. The zero-order valence-electron chi connectivity index (χ0n) is 26.5. The van der Waals surface area contributed by atoms with Crippen molar-refractivity contribution in [3.05, 3.63) is 54.1 Å². The summed E-state index contributed by atoms with van der Waals surface area (Å²) in [5.41, 5.74) is 5.30. The summed E-state index contributed by atoms with van der Waals surface area (Å²) in [4.78, 5) is 39.7. The van der Waals surface area contributed by atoms with E-state index in [0.717, 1.165) is 53.3 Å². The number of anilines is 1. The number of nitrogens with zero attached hydrogens (tertiary/aromatic N) is 4. The van der Waals surface area contributed by atoms with Crippen LogP contribution in [0.1, 0.15) is 65.4 Å². The van der Waals surface area contributed by atoms with Gasteiger partial charge in [-0.05, 0) is 31.0 Å². The fourth-order valence-electron chi connectivity index (χ4n) is 5.26. The highest BCUT2D eigenvalue weighted by Crippen LogP contribution is 2.41. The van der Waals surface area contributed by atoms with Gasteiger partial charge in [0, 0.05) is 62.0 Å². The highest BCUT2D eigenvalue weighted by atomic mass is 16.5. The zero-order valence-corrected chi connectivity index (χ0v) is 26.5. The Hall–Kier alpha value is -3.89. The number of amides is 2. The van der Waals surface area contributed by atoms with E-state index in [0.29, 0.717) is 45.2 Å². The summed E-state index contributed by atoms with van der Waals surface area (Å²) in [5.74, 6) is -0.0620. The lowest BCUT2D eigenvalue weighted by molar-refractivity contribution is -0.125. The van der Waals surface area contributed by atoms with E-state index in [-0.39, 0.29) is 36.4 Å². The molecule has 0 atom stereocenters. The van der Waals surface area contributed by atoms with Crippen LogP contribution >= 0.6 is 0 Å². The number of Topliss-reactive ketones (excluding diaryl/α,β-unsaturated/α-hetero) is 1. The van der Waals surface area contributed by atoms with Gasteiger partial charge in [-0.3, -0.25) is 14.4 Å². The molecule has 4 rings (SSSR count). The molecule has 1 aliphatic heterocycles. The number of nitrogens with one attached hydrogen (secondary N) is 2. The van der Waals surface area contributed by atoms with Crippen molar-refractivity contribution in [1.29, 1.82) is 0 Å². The molecule has 44 heavy (non-hydrogen) atoms. The zero-order chi connectivity index (χ0) is 31.5. The highest BCUT2D eigenvalue weighted by molar-refractivity contribution is 6.01. The summed E-state index contributed by atoms with van der Waals surface area (Å²) in [5, 5.41) is 15.5. The summed E-state index contributed by atoms with van der Waals surface area (Å²) in [7, 11) is 0. The largest absolute Gasteiger partial charge is 0.380 e. The molecule has 0 saturated carbocycles. The van der Waals surface area contributed by atoms with Gasteiger partial charge >= 0.3 is 0 Å². The molecule has 10 nitrogen and oxygen atoms in total. The Balaban J connectivity index is 1.41. The molecular weight excluding hydrogens is 556 g/mol. The predicted octanol–water partition coefficient (Wildman–Crippen LogP) is 4.77. The summed E-state index contributed by atoms with van der Waals surface area (Å²) in [6.07, 6.45) is 2.24. The lowest BCUT2D eigenvalue weighted by Gasteiger charge is -2.28. The SMILES string of the molecule is CC(C)NCCCn1nnc2c1-c1ccccc1CN(C(=O)CCC(=O)NCCOCCCC(=O)C(C)C)c1ccccc1-2. The quantitative estimate of drug-likeness (QED) is 0.227. The Morgan fingerprint density at radius 2 is 1.64 bits per heavy atom. The van der Waals surface area contributed by atoms with Gasteiger partial charge in [0.25, 0.3) is 0 Å². The molecule has 0 radical (unpaired) electrons. The molecular formula is C34H46N6O4. The number of para-hydroxylation sites is 1. The van der Waals surface area contributed by atoms with E-state index in [1.807, 2.05) is 61.0 Å². The number of aromatic nitrogens is 3. The molecule has 0 bridgehead atoms. The van der Waals surface area contributed by atoms with Crippen molar-refractivity contribution >= 4 is 23.3 Å². The molecule has 2 amide bonds. The number of aryl methyl sites for hydroxylation is 1. The normalized spacial score (nSPS) is 12.4. The van der Waals surface area contributed by atoms with Crippen molar-refractivity contribution < 1.29 is 19.1 Å². The van der Waals surface area contributed by atoms with E-state index < -0.39 is 0 Å². The molecule has 2 aromatic carbocycles. The average molecular weight is 603 g/mol. The summed E-state index contributed by atoms with van der Waals surface area (Å²) >= 11 is 0. The van der Waals surface area contributed by atoms with Crippen LogP contribution in [0, 0.1) is 5.92 Å². The third kappa shape index (κ3) is 8.83. The molecule has 0 fully saturated rings. The van der Waals surface area contributed by atoms with Crippen molar-refractivity contribution in [2.24, 2.45) is 5.92 Å². The van der Waals surface area contributed by atoms with Crippen LogP contribution in [-0.2, 0) is 32.2 Å². The third-order valence-corrected chi connectivity index (χ3v) is 7.68. The number of carbonyl (C=O) groups is 3. The number of hydrogen-bond donors (Lipinski definition) is 2. The van der Waals surface area contributed by atoms with E-state index in [2.05, 4.69) is 40.9 Å². The molecule has 2 heterocycles. The van der Waals surface area contributed by atoms with Gasteiger partial charge < -0.3 is 20.3 Å². The molecule has 0 saturated heterocycles. The van der Waals surface area contributed by atoms with Gasteiger partial charge in [-0.15, -0.1) is 5.10 Å². The number of ketones is 1. The standard InChI is InChI=1S/C34H46N6O4/c1-24(2)30(41)15-9-21-44-22-19-36-31(42)16-17-32(43)39-23-26-11-5-6-12-27(26)34-33(28-13-7-8-14-29(28)39)37-38-40(34)20-10-18-35-25(3)4/h5-8,11-14,24-25,35H,9-10,15-23H2,1-4H3,(H,36,42). The van der Waals surface area contributed by atoms with Gasteiger partial charge in [-0.2, -0.15) is 0 Å². The van der Waals surface area contributed by atoms with Crippen LogP contribution in [0.25, 0.3) is 22.5 Å². The Kier molecular flexibility index (Phi) is 12.2. The first-order chi connectivity index (χ1) is 21.3. The fraction of sp³-hybridized carbons (Fsp3) is 0.500. The van der Waals surface area contributed by atoms with Gasteiger partial charge in [-0.25, -0.2) is 4.68 Å². The first-order valence-electron chi connectivity index (χ1n) is 15.8. The Bertz CT molecular complexity index is 1420. The number of hydrogen-bond acceptors (Lipinski definition) is 7. The average Bonchev–Trinajstić information content (AvgIpc) is 3.42. The summed E-state index contributed by atoms with van der Waals surface area (Å²) < 4.78 is 7.52. The number of rotatable bonds is 16. The molecule has 0 spiro atoms. The van der Waals surface area contributed by atoms with E-state index >= 15 is 0 Å². The van der Waals surface area contributed by atoms with Crippen LogP contribution in [-0.4, -0.2) is 64.9 Å². The molecule has 10 heteroatoms. The van der Waals surface area contributed by atoms with Crippen molar-refractivity contribution in [2.75, 3.05) is 31.2 Å². The van der Waals surface area contributed by atoms with Gasteiger partial charge in [-0.1, -0.05) is 75.4 Å². The molecule has 0 aliphatic carbocycles. The first-order valence-corrected chi connectivity index (χ1v) is 15.8. The molecule has 2 N–H and O–H groups in total. The van der Waals surface area contributed by atoms with Crippen molar-refractivity contribution in [2.45, 2.75) is 78.9 Å². The second-order valence-electron chi connectivity index (χ2n) is 11.8. The van der Waals surface area contributed by atoms with Gasteiger partial charge in [0.1, 0.15) is 11.5 Å². The van der Waals surface area contributed by atoms with Gasteiger partial charge in [0.15, 0.2) is 0 Å². The van der Waals surface area contributed by atoms with Crippen LogP contribution in [0.5, 0.6) is 0 Å². The Morgan fingerprint density at radius 1 is 0.886 bits per heavy atom. The van der Waals surface area contributed by atoms with Gasteiger partial charge in [0.2, 0.25) is 11.8 Å². The molecule has 1 aliphatic rings. The minimum atomic E-state index is -0.199. The summed E-state index contributed by atoms with van der Waals surface area (Å²) in [6, 6.07) is 16.3. The number of carbonyl (C=O) groups excluding carboxylic acids is 3. The molecule has 0 unspecified atom stereocenters. The van der Waals surface area contributed by atoms with Crippen molar-refractivity contribution in [3.8, 4) is 22.5 Å². The summed E-state index contributed by atoms with van der Waals surface area (Å²) in [6.45, 7) is 11.2. The third-order valence-electron chi connectivity index (χ3n) is 7.68. The Labute approximate surface area is 260 Å².